The molecule has 0 aliphatic heterocycles. The highest BCUT2D eigenvalue weighted by atomic mass is 19.1. The van der Waals surface area contributed by atoms with Gasteiger partial charge in [-0.05, 0) is 6.42 Å². The van der Waals surface area contributed by atoms with E-state index in [9.17, 15) is 18.9 Å². The van der Waals surface area contributed by atoms with E-state index in [0.717, 1.165) is 25.3 Å². The van der Waals surface area contributed by atoms with E-state index in [2.05, 4.69) is 12.2 Å². The molecule has 0 heterocycles. The Hall–Kier alpha value is -1.72. The van der Waals surface area contributed by atoms with Gasteiger partial charge in [0.2, 0.25) is 5.82 Å². The molecule has 0 fully saturated rings. The minimum Gasteiger partial charge on any atom is -0.382 e. The van der Waals surface area contributed by atoms with Crippen molar-refractivity contribution in [3.05, 3.63) is 33.9 Å². The van der Waals surface area contributed by atoms with Gasteiger partial charge in [0.05, 0.1) is 10.6 Å². The number of anilines is 1. The fraction of sp³-hybridized carbons (Fsp3) is 0.571. The molecule has 1 aromatic carbocycles. The molecule has 0 amide bonds. The van der Waals surface area contributed by atoms with E-state index in [-0.39, 0.29) is 5.69 Å². The minimum atomic E-state index is -1.15. The maximum absolute atomic E-state index is 13.4. The van der Waals surface area contributed by atoms with Crippen LogP contribution in [0.5, 0.6) is 0 Å². The van der Waals surface area contributed by atoms with Crippen LogP contribution in [0.1, 0.15) is 45.4 Å². The number of nitrogens with one attached hydrogen (secondary N) is 1. The largest absolute Gasteiger partial charge is 0.382 e. The first-order valence-electron chi connectivity index (χ1n) is 6.93. The normalized spacial score (nSPS) is 10.6. The Morgan fingerprint density at radius 1 is 1.10 bits per heavy atom. The summed E-state index contributed by atoms with van der Waals surface area (Å²) in [6, 6.07) is 1.45. The Kier molecular flexibility index (Phi) is 6.90. The van der Waals surface area contributed by atoms with E-state index >= 15 is 0 Å². The van der Waals surface area contributed by atoms with Crippen LogP contribution in [0.15, 0.2) is 12.1 Å². The average Bonchev–Trinajstić information content (AvgIpc) is 2.39. The van der Waals surface area contributed by atoms with E-state index in [1.165, 1.54) is 19.3 Å². The number of hydrogen-bond acceptors (Lipinski definition) is 3. The molecule has 4 nitrogen and oxygen atoms in total. The number of nitro benzene ring substituents is 1. The molecule has 0 spiro atoms. The molecule has 0 radical (unpaired) electrons. The lowest BCUT2D eigenvalue weighted by molar-refractivity contribution is -0.387. The molecule has 0 unspecified atom stereocenters. The van der Waals surface area contributed by atoms with Gasteiger partial charge in [-0.25, -0.2) is 4.39 Å². The molecule has 0 atom stereocenters. The van der Waals surface area contributed by atoms with E-state index < -0.39 is 22.2 Å². The summed E-state index contributed by atoms with van der Waals surface area (Å²) in [5, 5.41) is 13.4. The molecule has 0 aromatic heterocycles. The van der Waals surface area contributed by atoms with Crippen LogP contribution in [0.3, 0.4) is 0 Å². The lowest BCUT2D eigenvalue weighted by Gasteiger charge is -2.07. The maximum atomic E-state index is 13.4. The number of unbranched alkanes of at least 4 members (excludes halogenated alkanes) is 5. The first kappa shape index (κ1) is 16.3. The molecule has 1 N–H and O–H groups in total. The summed E-state index contributed by atoms with van der Waals surface area (Å²) in [5.74, 6) is -1.96. The summed E-state index contributed by atoms with van der Waals surface area (Å²) >= 11 is 0. The molecular weight excluding hydrogens is 266 g/mol. The highest BCUT2D eigenvalue weighted by molar-refractivity contribution is 5.53. The van der Waals surface area contributed by atoms with Gasteiger partial charge in [-0.2, -0.15) is 4.39 Å². The molecule has 1 rings (SSSR count). The first-order chi connectivity index (χ1) is 9.56. The van der Waals surface area contributed by atoms with Crippen LogP contribution < -0.4 is 5.32 Å². The van der Waals surface area contributed by atoms with E-state index in [4.69, 9.17) is 0 Å². The molecule has 112 valence electrons. The second-order valence-electron chi connectivity index (χ2n) is 4.74. The summed E-state index contributed by atoms with van der Waals surface area (Å²) in [7, 11) is 0. The van der Waals surface area contributed by atoms with Crippen molar-refractivity contribution in [2.75, 3.05) is 11.9 Å². The van der Waals surface area contributed by atoms with Crippen molar-refractivity contribution in [1.82, 2.24) is 0 Å². The van der Waals surface area contributed by atoms with Crippen LogP contribution in [0.25, 0.3) is 0 Å². The Labute approximate surface area is 117 Å². The standard InChI is InChI=1S/C14H20F2N2O2/c1-2-3-4-5-6-7-8-17-13-10-14(18(19)20)12(16)9-11(13)15/h9-10,17H,2-8H2,1H3. The van der Waals surface area contributed by atoms with Crippen LogP contribution >= 0.6 is 0 Å². The van der Waals surface area contributed by atoms with Crippen LogP contribution in [0.4, 0.5) is 20.2 Å². The Morgan fingerprint density at radius 2 is 1.75 bits per heavy atom. The molecule has 0 aliphatic rings. The molecule has 20 heavy (non-hydrogen) atoms. The Bertz CT molecular complexity index is 453. The highest BCUT2D eigenvalue weighted by Gasteiger charge is 2.18. The van der Waals surface area contributed by atoms with E-state index in [1.54, 1.807) is 0 Å². The van der Waals surface area contributed by atoms with Crippen molar-refractivity contribution in [3.8, 4) is 0 Å². The van der Waals surface area contributed by atoms with E-state index in [0.29, 0.717) is 12.6 Å². The third kappa shape index (κ3) is 5.11. The van der Waals surface area contributed by atoms with Crippen LogP contribution in [0, 0.1) is 21.7 Å². The van der Waals surface area contributed by atoms with Crippen molar-refractivity contribution in [2.24, 2.45) is 0 Å². The smallest absolute Gasteiger partial charge is 0.307 e. The van der Waals surface area contributed by atoms with Crippen molar-refractivity contribution in [2.45, 2.75) is 45.4 Å². The van der Waals surface area contributed by atoms with Gasteiger partial charge in [0.15, 0.2) is 0 Å². The number of hydrogen-bond donors (Lipinski definition) is 1. The van der Waals surface area contributed by atoms with Crippen LogP contribution in [0.2, 0.25) is 0 Å². The first-order valence-corrected chi connectivity index (χ1v) is 6.93. The van der Waals surface area contributed by atoms with Gasteiger partial charge in [0.25, 0.3) is 0 Å². The predicted molar refractivity (Wildman–Crippen MR) is 74.9 cm³/mol. The summed E-state index contributed by atoms with van der Waals surface area (Å²) in [5.41, 5.74) is -0.733. The molecule has 1 aromatic rings. The van der Waals surface area contributed by atoms with Gasteiger partial charge in [-0.1, -0.05) is 39.0 Å². The number of nitro groups is 1. The Morgan fingerprint density at radius 3 is 2.40 bits per heavy atom. The molecule has 0 saturated carbocycles. The van der Waals surface area contributed by atoms with Crippen LogP contribution in [-0.4, -0.2) is 11.5 Å². The molecule has 0 bridgehead atoms. The average molecular weight is 286 g/mol. The molecule has 0 aliphatic carbocycles. The van der Waals surface area contributed by atoms with Crippen molar-refractivity contribution >= 4 is 11.4 Å². The Balaban J connectivity index is 2.44. The second kappa shape index (κ2) is 8.45. The third-order valence-electron chi connectivity index (χ3n) is 3.08. The summed E-state index contributed by atoms with van der Waals surface area (Å²) in [6.07, 6.45) is 6.59. The zero-order chi connectivity index (χ0) is 15.0. The topological polar surface area (TPSA) is 55.2 Å². The second-order valence-corrected chi connectivity index (χ2v) is 4.74. The monoisotopic (exact) mass is 286 g/mol. The highest BCUT2D eigenvalue weighted by Crippen LogP contribution is 2.25. The molecular formula is C14H20F2N2O2. The fourth-order valence-electron chi connectivity index (χ4n) is 1.94. The van der Waals surface area contributed by atoms with Crippen molar-refractivity contribution in [1.29, 1.82) is 0 Å². The SMILES string of the molecule is CCCCCCCCNc1cc([N+](=O)[O-])c(F)cc1F. The van der Waals surface area contributed by atoms with Gasteiger partial charge in [-0.15, -0.1) is 0 Å². The van der Waals surface area contributed by atoms with Gasteiger partial charge in [0, 0.05) is 18.7 Å². The summed E-state index contributed by atoms with van der Waals surface area (Å²) in [6.45, 7) is 2.66. The number of rotatable bonds is 9. The summed E-state index contributed by atoms with van der Waals surface area (Å²) < 4.78 is 26.6. The number of nitrogens with zero attached hydrogens (tertiary/aromatic N) is 1. The molecule has 0 saturated heterocycles. The number of benzene rings is 1. The van der Waals surface area contributed by atoms with Crippen molar-refractivity contribution in [3.63, 3.8) is 0 Å². The van der Waals surface area contributed by atoms with Crippen LogP contribution in [-0.2, 0) is 0 Å². The van der Waals surface area contributed by atoms with Gasteiger partial charge in [-0.3, -0.25) is 10.1 Å². The predicted octanol–water partition coefficient (Wildman–Crippen LogP) is 4.65. The maximum Gasteiger partial charge on any atom is 0.307 e. The lowest BCUT2D eigenvalue weighted by Crippen LogP contribution is -2.05. The number of halogens is 2. The van der Waals surface area contributed by atoms with Crippen molar-refractivity contribution < 1.29 is 13.7 Å². The fourth-order valence-corrected chi connectivity index (χ4v) is 1.94. The zero-order valence-electron chi connectivity index (χ0n) is 11.6. The minimum absolute atomic E-state index is 0.0216. The quantitative estimate of drug-likeness (QED) is 0.408. The van der Waals surface area contributed by atoms with Gasteiger partial charge in [0.1, 0.15) is 5.82 Å². The third-order valence-corrected chi connectivity index (χ3v) is 3.08. The lowest BCUT2D eigenvalue weighted by atomic mass is 10.1. The molecule has 6 heteroatoms. The van der Waals surface area contributed by atoms with Gasteiger partial charge >= 0.3 is 5.69 Å². The summed E-state index contributed by atoms with van der Waals surface area (Å²) in [4.78, 5) is 9.72. The van der Waals surface area contributed by atoms with E-state index in [1.807, 2.05) is 0 Å². The zero-order valence-corrected chi connectivity index (χ0v) is 11.6. The van der Waals surface area contributed by atoms with Gasteiger partial charge < -0.3 is 5.32 Å².